The van der Waals surface area contributed by atoms with Gasteiger partial charge in [0.2, 0.25) is 5.82 Å². The Labute approximate surface area is 188 Å². The van der Waals surface area contributed by atoms with Gasteiger partial charge in [-0.15, -0.1) is 0 Å². The molecule has 1 N–H and O–H groups in total. The summed E-state index contributed by atoms with van der Waals surface area (Å²) in [6.07, 6.45) is 0. The van der Waals surface area contributed by atoms with Gasteiger partial charge >= 0.3 is 0 Å². The van der Waals surface area contributed by atoms with Gasteiger partial charge in [0.05, 0.1) is 11.2 Å². The van der Waals surface area contributed by atoms with Gasteiger partial charge < -0.3 is 0 Å². The number of para-hydroxylation sites is 1. The highest BCUT2D eigenvalue weighted by atomic mass is 32.1. The SMILES string of the molecule is Fc1c(F)c(F)c(-n2c(-c3cc(-c4ccccc4)nc4ccccc34)n[nH]c2=S)c(F)c1F. The molecule has 0 unspecified atom stereocenters. The van der Waals surface area contributed by atoms with E-state index in [4.69, 9.17) is 12.2 Å². The van der Waals surface area contributed by atoms with Crippen LogP contribution >= 0.6 is 12.2 Å². The van der Waals surface area contributed by atoms with Crippen LogP contribution in [0.4, 0.5) is 22.0 Å². The van der Waals surface area contributed by atoms with Crippen LogP contribution in [0.5, 0.6) is 0 Å². The second kappa shape index (κ2) is 7.89. The number of benzene rings is 3. The van der Waals surface area contributed by atoms with Crippen LogP contribution in [0.25, 0.3) is 39.2 Å². The molecule has 0 fully saturated rings. The quantitative estimate of drug-likeness (QED) is 0.142. The highest BCUT2D eigenvalue weighted by molar-refractivity contribution is 7.71. The average Bonchev–Trinajstić information content (AvgIpc) is 3.22. The number of pyridine rings is 1. The van der Waals surface area contributed by atoms with Gasteiger partial charge in [0.1, 0.15) is 5.69 Å². The number of aromatic amines is 1. The maximum absolute atomic E-state index is 14.7. The van der Waals surface area contributed by atoms with Crippen molar-refractivity contribution in [2.24, 2.45) is 0 Å². The topological polar surface area (TPSA) is 46.5 Å². The summed E-state index contributed by atoms with van der Waals surface area (Å²) in [4.78, 5) is 4.62. The molecule has 5 aromatic rings. The second-order valence-corrected chi connectivity index (χ2v) is 7.43. The maximum atomic E-state index is 14.7. The number of rotatable bonds is 3. The van der Waals surface area contributed by atoms with Gasteiger partial charge in [0.25, 0.3) is 0 Å². The second-order valence-electron chi connectivity index (χ2n) is 7.04. The van der Waals surface area contributed by atoms with Gasteiger partial charge in [-0.05, 0) is 24.4 Å². The van der Waals surface area contributed by atoms with Crippen molar-refractivity contribution in [3.05, 3.63) is 94.5 Å². The number of hydrogen-bond donors (Lipinski definition) is 1. The molecular weight excluding hydrogens is 459 g/mol. The zero-order chi connectivity index (χ0) is 23.3. The number of aromatic nitrogens is 4. The molecule has 2 heterocycles. The van der Waals surface area contributed by atoms with Crippen molar-refractivity contribution in [2.75, 3.05) is 0 Å². The van der Waals surface area contributed by atoms with Crippen LogP contribution in [0.1, 0.15) is 0 Å². The molecule has 0 amide bonds. The summed E-state index contributed by atoms with van der Waals surface area (Å²) in [5.41, 5.74) is 0.911. The maximum Gasteiger partial charge on any atom is 0.200 e. The van der Waals surface area contributed by atoms with Crippen LogP contribution in [0.2, 0.25) is 0 Å². The van der Waals surface area contributed by atoms with E-state index in [9.17, 15) is 22.0 Å². The molecule has 0 saturated carbocycles. The van der Waals surface area contributed by atoms with E-state index in [0.717, 1.165) is 5.56 Å². The number of halogens is 5. The standard InChI is InChI=1S/C23H11F5N4S/c24-16-17(25)19(27)21(20(28)18(16)26)32-22(30-31-23(32)33)13-10-15(11-6-2-1-3-7-11)29-14-9-5-4-8-12(13)14/h1-10H,(H,31,33). The van der Waals surface area contributed by atoms with Gasteiger partial charge in [-0.25, -0.2) is 26.9 Å². The number of H-pyrrole nitrogens is 1. The van der Waals surface area contributed by atoms with E-state index < -0.39 is 34.8 Å². The molecule has 0 aliphatic heterocycles. The van der Waals surface area contributed by atoms with Crippen molar-refractivity contribution in [2.45, 2.75) is 0 Å². The summed E-state index contributed by atoms with van der Waals surface area (Å²) in [7, 11) is 0. The summed E-state index contributed by atoms with van der Waals surface area (Å²) in [5, 5.41) is 6.99. The van der Waals surface area contributed by atoms with E-state index >= 15 is 0 Å². The van der Waals surface area contributed by atoms with Gasteiger partial charge in [-0.2, -0.15) is 5.10 Å². The normalized spacial score (nSPS) is 11.3. The first kappa shape index (κ1) is 21.0. The zero-order valence-electron chi connectivity index (χ0n) is 16.4. The lowest BCUT2D eigenvalue weighted by molar-refractivity contribution is 0.375. The van der Waals surface area contributed by atoms with Crippen molar-refractivity contribution in [3.8, 4) is 28.3 Å². The third kappa shape index (κ3) is 3.30. The molecule has 0 atom stereocenters. The Morgan fingerprint density at radius 3 is 2.06 bits per heavy atom. The first-order valence-electron chi connectivity index (χ1n) is 9.53. The van der Waals surface area contributed by atoms with Crippen LogP contribution in [0, 0.1) is 33.9 Å². The summed E-state index contributed by atoms with van der Waals surface area (Å²) < 4.78 is 71.2. The number of nitrogens with zero attached hydrogens (tertiary/aromatic N) is 3. The molecule has 164 valence electrons. The highest BCUT2D eigenvalue weighted by Crippen LogP contribution is 2.34. The lowest BCUT2D eigenvalue weighted by Gasteiger charge is -2.13. The van der Waals surface area contributed by atoms with Crippen LogP contribution < -0.4 is 0 Å². The van der Waals surface area contributed by atoms with Gasteiger partial charge in [-0.1, -0.05) is 48.5 Å². The van der Waals surface area contributed by atoms with Crippen LogP contribution in [-0.2, 0) is 0 Å². The molecule has 0 aliphatic carbocycles. The highest BCUT2D eigenvalue weighted by Gasteiger charge is 2.29. The van der Waals surface area contributed by atoms with E-state index in [1.165, 1.54) is 0 Å². The van der Waals surface area contributed by atoms with E-state index in [2.05, 4.69) is 15.2 Å². The average molecular weight is 470 g/mol. The van der Waals surface area contributed by atoms with E-state index in [1.807, 2.05) is 30.3 Å². The van der Waals surface area contributed by atoms with Gasteiger partial charge in [0.15, 0.2) is 33.9 Å². The summed E-state index contributed by atoms with van der Waals surface area (Å²) >= 11 is 5.10. The Balaban J connectivity index is 1.86. The first-order chi connectivity index (χ1) is 15.9. The minimum absolute atomic E-state index is 0.140. The van der Waals surface area contributed by atoms with Crippen molar-refractivity contribution in [1.29, 1.82) is 0 Å². The van der Waals surface area contributed by atoms with Crippen molar-refractivity contribution in [3.63, 3.8) is 0 Å². The fourth-order valence-electron chi connectivity index (χ4n) is 3.59. The Hall–Kier alpha value is -3.92. The third-order valence-electron chi connectivity index (χ3n) is 5.11. The largest absolute Gasteiger partial charge is 0.262 e. The Morgan fingerprint density at radius 2 is 1.36 bits per heavy atom. The minimum atomic E-state index is -2.26. The van der Waals surface area contributed by atoms with E-state index in [-0.39, 0.29) is 10.6 Å². The van der Waals surface area contributed by atoms with Crippen molar-refractivity contribution in [1.82, 2.24) is 19.7 Å². The van der Waals surface area contributed by atoms with Crippen molar-refractivity contribution < 1.29 is 22.0 Å². The molecule has 0 spiro atoms. The molecular formula is C23H11F5N4S. The predicted octanol–water partition coefficient (Wildman–Crippen LogP) is 6.51. The molecule has 3 aromatic carbocycles. The molecule has 0 saturated heterocycles. The van der Waals surface area contributed by atoms with Gasteiger partial charge in [-0.3, -0.25) is 9.67 Å². The molecule has 2 aromatic heterocycles. The predicted molar refractivity (Wildman–Crippen MR) is 115 cm³/mol. The lowest BCUT2D eigenvalue weighted by atomic mass is 10.0. The Bertz CT molecular complexity index is 1570. The molecule has 0 aliphatic rings. The fraction of sp³-hybridized carbons (Fsp3) is 0. The number of fused-ring (bicyclic) bond motifs is 1. The van der Waals surface area contributed by atoms with Crippen LogP contribution in [0.15, 0.2) is 60.7 Å². The van der Waals surface area contributed by atoms with E-state index in [1.54, 1.807) is 30.3 Å². The minimum Gasteiger partial charge on any atom is -0.262 e. The first-order valence-corrected chi connectivity index (χ1v) is 9.94. The van der Waals surface area contributed by atoms with Crippen molar-refractivity contribution >= 4 is 23.1 Å². The smallest absolute Gasteiger partial charge is 0.200 e. The Morgan fingerprint density at radius 1 is 0.758 bits per heavy atom. The molecule has 5 rings (SSSR count). The molecule has 10 heteroatoms. The van der Waals surface area contributed by atoms with Crippen LogP contribution in [0.3, 0.4) is 0 Å². The number of hydrogen-bond acceptors (Lipinski definition) is 3. The number of nitrogens with one attached hydrogen (secondary N) is 1. The summed E-state index contributed by atoms with van der Waals surface area (Å²) in [5.74, 6) is -10.6. The third-order valence-corrected chi connectivity index (χ3v) is 5.38. The fourth-order valence-corrected chi connectivity index (χ4v) is 3.82. The monoisotopic (exact) mass is 470 g/mol. The zero-order valence-corrected chi connectivity index (χ0v) is 17.2. The van der Waals surface area contributed by atoms with Gasteiger partial charge in [0, 0.05) is 16.5 Å². The summed E-state index contributed by atoms with van der Waals surface area (Å²) in [6.45, 7) is 0. The molecule has 33 heavy (non-hydrogen) atoms. The lowest BCUT2D eigenvalue weighted by Crippen LogP contribution is -2.11. The van der Waals surface area contributed by atoms with Crippen LogP contribution in [-0.4, -0.2) is 19.7 Å². The summed E-state index contributed by atoms with van der Waals surface area (Å²) in [6, 6.07) is 17.6. The molecule has 0 radical (unpaired) electrons. The molecule has 0 bridgehead atoms. The van der Waals surface area contributed by atoms with E-state index in [0.29, 0.717) is 26.7 Å². The molecule has 4 nitrogen and oxygen atoms in total. The Kier molecular flexibility index (Phi) is 5.01.